The van der Waals surface area contributed by atoms with E-state index in [-0.39, 0.29) is 5.25 Å². The highest BCUT2D eigenvalue weighted by atomic mass is 32.2. The molecule has 0 fully saturated rings. The van der Waals surface area contributed by atoms with Gasteiger partial charge in [0.05, 0.1) is 16.6 Å². The summed E-state index contributed by atoms with van der Waals surface area (Å²) in [4.78, 5) is 4.38. The first-order valence-electron chi connectivity index (χ1n) is 7.79. The third kappa shape index (κ3) is 3.29. The lowest BCUT2D eigenvalue weighted by atomic mass is 10.3. The van der Waals surface area contributed by atoms with Crippen LogP contribution in [-0.4, -0.2) is 35.0 Å². The minimum absolute atomic E-state index is 0.00169. The molecule has 0 amide bonds. The molecule has 0 saturated carbocycles. The quantitative estimate of drug-likeness (QED) is 0.516. The molecule has 1 atom stereocenters. The van der Waals surface area contributed by atoms with Crippen LogP contribution in [0.5, 0.6) is 0 Å². The zero-order chi connectivity index (χ0) is 17.1. The first kappa shape index (κ1) is 15.5. The van der Waals surface area contributed by atoms with E-state index in [1.54, 1.807) is 15.7 Å². The van der Waals surface area contributed by atoms with Crippen molar-refractivity contribution in [2.24, 2.45) is 0 Å². The summed E-state index contributed by atoms with van der Waals surface area (Å²) in [5, 5.41) is 17.3. The van der Waals surface area contributed by atoms with Gasteiger partial charge in [-0.3, -0.25) is 0 Å². The monoisotopic (exact) mass is 349 g/mol. The molecule has 2 aromatic heterocycles. The van der Waals surface area contributed by atoms with E-state index in [0.29, 0.717) is 5.16 Å². The van der Waals surface area contributed by atoms with Gasteiger partial charge in [0, 0.05) is 0 Å². The number of hydrogen-bond acceptors (Lipinski definition) is 6. The van der Waals surface area contributed by atoms with Gasteiger partial charge in [-0.1, -0.05) is 48.2 Å². The largest absolute Gasteiger partial charge is 0.220 e. The molecule has 0 aliphatic rings. The number of aromatic nitrogens is 7. The average Bonchev–Trinajstić information content (AvgIpc) is 3.33. The van der Waals surface area contributed by atoms with E-state index >= 15 is 0 Å². The van der Waals surface area contributed by atoms with Crippen LogP contribution in [0.4, 0.5) is 0 Å². The minimum Gasteiger partial charge on any atom is -0.220 e. The number of para-hydroxylation sites is 2. The summed E-state index contributed by atoms with van der Waals surface area (Å²) in [6.45, 7) is 2.04. The summed E-state index contributed by atoms with van der Waals surface area (Å²) in [6.07, 6.45) is 1.71. The van der Waals surface area contributed by atoms with Crippen LogP contribution < -0.4 is 0 Å². The minimum atomic E-state index is 0.00169. The van der Waals surface area contributed by atoms with Crippen molar-refractivity contribution in [3.8, 4) is 11.4 Å². The van der Waals surface area contributed by atoms with Crippen LogP contribution in [0.3, 0.4) is 0 Å². The Morgan fingerprint density at radius 1 is 0.920 bits per heavy atom. The third-order valence-corrected chi connectivity index (χ3v) is 4.59. The maximum absolute atomic E-state index is 4.52. The van der Waals surface area contributed by atoms with Gasteiger partial charge in [-0.15, -0.1) is 10.2 Å². The Morgan fingerprint density at radius 3 is 2.32 bits per heavy atom. The van der Waals surface area contributed by atoms with E-state index in [4.69, 9.17) is 0 Å². The van der Waals surface area contributed by atoms with Crippen molar-refractivity contribution >= 4 is 11.8 Å². The lowest BCUT2D eigenvalue weighted by Crippen LogP contribution is -2.05. The Kier molecular flexibility index (Phi) is 4.26. The van der Waals surface area contributed by atoms with Crippen LogP contribution in [0.15, 0.2) is 72.1 Å². The Morgan fingerprint density at radius 2 is 1.60 bits per heavy atom. The Bertz CT molecular complexity index is 949. The van der Waals surface area contributed by atoms with Gasteiger partial charge in [-0.05, 0) is 41.6 Å². The molecule has 0 N–H and O–H groups in total. The predicted molar refractivity (Wildman–Crippen MR) is 94.8 cm³/mol. The van der Waals surface area contributed by atoms with Gasteiger partial charge in [0.1, 0.15) is 6.33 Å². The molecular formula is C17H15N7S. The summed E-state index contributed by atoms with van der Waals surface area (Å²) in [5.41, 5.74) is 1.90. The van der Waals surface area contributed by atoms with E-state index in [9.17, 15) is 0 Å². The molecule has 4 aromatic rings. The zero-order valence-corrected chi connectivity index (χ0v) is 14.3. The first-order chi connectivity index (χ1) is 12.3. The number of hydrogen-bond donors (Lipinski definition) is 0. The molecule has 0 bridgehead atoms. The molecule has 0 unspecified atom stereocenters. The maximum atomic E-state index is 4.52. The van der Waals surface area contributed by atoms with Gasteiger partial charge in [-0.25, -0.2) is 9.67 Å². The van der Waals surface area contributed by atoms with E-state index < -0.39 is 0 Å². The van der Waals surface area contributed by atoms with E-state index in [2.05, 4.69) is 25.6 Å². The molecule has 124 valence electrons. The van der Waals surface area contributed by atoms with Gasteiger partial charge < -0.3 is 0 Å². The molecule has 0 radical (unpaired) electrons. The fraction of sp³-hybridized carbons (Fsp3) is 0.118. The van der Waals surface area contributed by atoms with E-state index in [0.717, 1.165) is 17.2 Å². The second kappa shape index (κ2) is 6.86. The lowest BCUT2D eigenvalue weighted by Gasteiger charge is -2.09. The van der Waals surface area contributed by atoms with Crippen molar-refractivity contribution in [1.29, 1.82) is 0 Å². The first-order valence-corrected chi connectivity index (χ1v) is 8.66. The lowest BCUT2D eigenvalue weighted by molar-refractivity contribution is 0.761. The summed E-state index contributed by atoms with van der Waals surface area (Å²) in [5.74, 6) is 0.757. The highest BCUT2D eigenvalue weighted by molar-refractivity contribution is 7.99. The van der Waals surface area contributed by atoms with Gasteiger partial charge >= 0.3 is 0 Å². The molecule has 0 aliphatic heterocycles. The molecule has 25 heavy (non-hydrogen) atoms. The number of thioether (sulfide) groups is 1. The molecule has 4 rings (SSSR count). The van der Waals surface area contributed by atoms with Gasteiger partial charge in [0.15, 0.2) is 5.82 Å². The molecule has 0 aliphatic carbocycles. The van der Waals surface area contributed by atoms with Crippen LogP contribution >= 0.6 is 11.8 Å². The fourth-order valence-electron chi connectivity index (χ4n) is 2.42. The number of benzene rings is 2. The van der Waals surface area contributed by atoms with E-state index in [1.165, 1.54) is 11.8 Å². The van der Waals surface area contributed by atoms with Crippen LogP contribution in [-0.2, 0) is 0 Å². The maximum Gasteiger partial charge on any atom is 0.209 e. The molecule has 0 spiro atoms. The van der Waals surface area contributed by atoms with Crippen molar-refractivity contribution in [3.05, 3.63) is 72.8 Å². The van der Waals surface area contributed by atoms with Crippen molar-refractivity contribution < 1.29 is 0 Å². The Hall–Kier alpha value is -3.00. The molecule has 8 heteroatoms. The molecule has 2 heterocycles. The normalized spacial score (nSPS) is 12.2. The Labute approximate surface area is 148 Å². The zero-order valence-electron chi connectivity index (χ0n) is 13.5. The number of nitrogens with zero attached hydrogens (tertiary/aromatic N) is 7. The van der Waals surface area contributed by atoms with Gasteiger partial charge in [-0.2, -0.15) is 4.68 Å². The van der Waals surface area contributed by atoms with Crippen LogP contribution in [0.2, 0.25) is 0 Å². The molecular weight excluding hydrogens is 334 g/mol. The standard InChI is InChI=1S/C17H15N7S/c1-13(16-19-21-22-24(16)15-10-6-3-7-11-15)25-17-18-12-23(20-17)14-8-4-2-5-9-14/h2-13H,1H3/t13-/m0/s1. The summed E-state index contributed by atoms with van der Waals surface area (Å²) < 4.78 is 3.50. The summed E-state index contributed by atoms with van der Waals surface area (Å²) >= 11 is 1.52. The second-order valence-corrected chi connectivity index (χ2v) is 6.66. The highest BCUT2D eigenvalue weighted by Crippen LogP contribution is 2.32. The van der Waals surface area contributed by atoms with Crippen LogP contribution in [0.1, 0.15) is 18.0 Å². The van der Waals surface area contributed by atoms with Crippen molar-refractivity contribution in [3.63, 3.8) is 0 Å². The SMILES string of the molecule is C[C@H](Sc1ncn(-c2ccccc2)n1)c1nnnn1-c1ccccc1. The summed E-state index contributed by atoms with van der Waals surface area (Å²) in [6, 6.07) is 19.7. The third-order valence-electron chi connectivity index (χ3n) is 3.63. The second-order valence-electron chi connectivity index (χ2n) is 5.35. The number of tetrazole rings is 1. The van der Waals surface area contributed by atoms with Crippen LogP contribution in [0, 0.1) is 0 Å². The molecule has 0 saturated heterocycles. The van der Waals surface area contributed by atoms with Gasteiger partial charge in [0.2, 0.25) is 5.16 Å². The smallest absolute Gasteiger partial charge is 0.209 e. The molecule has 2 aromatic carbocycles. The van der Waals surface area contributed by atoms with Crippen molar-refractivity contribution in [2.45, 2.75) is 17.3 Å². The Balaban J connectivity index is 1.55. The molecule has 7 nitrogen and oxygen atoms in total. The van der Waals surface area contributed by atoms with Crippen molar-refractivity contribution in [2.75, 3.05) is 0 Å². The average molecular weight is 349 g/mol. The van der Waals surface area contributed by atoms with E-state index in [1.807, 2.05) is 67.6 Å². The highest BCUT2D eigenvalue weighted by Gasteiger charge is 2.19. The topological polar surface area (TPSA) is 74.3 Å². The predicted octanol–water partition coefficient (Wildman–Crippen LogP) is 3.10. The number of rotatable bonds is 5. The summed E-state index contributed by atoms with van der Waals surface area (Å²) in [7, 11) is 0. The van der Waals surface area contributed by atoms with Gasteiger partial charge in [0.25, 0.3) is 0 Å². The van der Waals surface area contributed by atoms with Crippen molar-refractivity contribution in [1.82, 2.24) is 35.0 Å². The fourth-order valence-corrected chi connectivity index (χ4v) is 3.23. The van der Waals surface area contributed by atoms with Crippen LogP contribution in [0.25, 0.3) is 11.4 Å².